The van der Waals surface area contributed by atoms with E-state index in [2.05, 4.69) is 0 Å². The van der Waals surface area contributed by atoms with Crippen LogP contribution in [-0.4, -0.2) is 53.4 Å². The van der Waals surface area contributed by atoms with Gasteiger partial charge in [0.05, 0.1) is 12.0 Å². The number of cyclic esters (lactones) is 1. The second kappa shape index (κ2) is 11.2. The van der Waals surface area contributed by atoms with Crippen LogP contribution in [0.2, 0.25) is 0 Å². The van der Waals surface area contributed by atoms with Gasteiger partial charge in [-0.1, -0.05) is 72.8 Å². The molecule has 0 bridgehead atoms. The monoisotopic (exact) mass is 472 g/mol. The predicted molar refractivity (Wildman–Crippen MR) is 136 cm³/mol. The molecule has 1 fully saturated rings. The van der Waals surface area contributed by atoms with Crippen LogP contribution in [0.3, 0.4) is 0 Å². The van der Waals surface area contributed by atoms with E-state index < -0.39 is 18.1 Å². The Balaban J connectivity index is 1.64. The first kappa shape index (κ1) is 24.5. The second-order valence-corrected chi connectivity index (χ2v) is 8.94. The molecule has 182 valence electrons. The lowest BCUT2D eigenvalue weighted by Gasteiger charge is -2.27. The van der Waals surface area contributed by atoms with Gasteiger partial charge in [0, 0.05) is 19.5 Å². The van der Waals surface area contributed by atoms with Gasteiger partial charge in [0.25, 0.3) is 0 Å². The minimum absolute atomic E-state index is 0.0472. The molecule has 0 aliphatic carbocycles. The zero-order valence-electron chi connectivity index (χ0n) is 20.4. The quantitative estimate of drug-likeness (QED) is 0.447. The molecular weight excluding hydrogens is 440 g/mol. The smallest absolute Gasteiger partial charge is 0.416 e. The second-order valence-electron chi connectivity index (χ2n) is 8.94. The van der Waals surface area contributed by atoms with Crippen LogP contribution in [0.25, 0.3) is 10.8 Å². The van der Waals surface area contributed by atoms with Crippen molar-refractivity contribution in [3.63, 3.8) is 0 Å². The van der Waals surface area contributed by atoms with Crippen molar-refractivity contribution in [2.75, 3.05) is 19.7 Å². The number of nitrogens with zero attached hydrogens (tertiary/aromatic N) is 2. The number of amides is 3. The lowest BCUT2D eigenvalue weighted by Crippen LogP contribution is -2.45. The lowest BCUT2D eigenvalue weighted by molar-refractivity contribution is -0.140. The highest BCUT2D eigenvalue weighted by Gasteiger charge is 2.41. The lowest BCUT2D eigenvalue weighted by atomic mass is 9.90. The van der Waals surface area contributed by atoms with Crippen molar-refractivity contribution in [3.05, 3.63) is 83.9 Å². The zero-order chi connectivity index (χ0) is 24.8. The summed E-state index contributed by atoms with van der Waals surface area (Å²) in [5.41, 5.74) is 2.01. The molecule has 1 aliphatic rings. The van der Waals surface area contributed by atoms with Gasteiger partial charge in [-0.05, 0) is 48.6 Å². The summed E-state index contributed by atoms with van der Waals surface area (Å²) >= 11 is 0. The number of hydrogen-bond donors (Lipinski definition) is 0. The topological polar surface area (TPSA) is 66.9 Å². The summed E-state index contributed by atoms with van der Waals surface area (Å²) in [5.74, 6) is -1.10. The van der Waals surface area contributed by atoms with Crippen LogP contribution in [-0.2, 0) is 27.2 Å². The number of benzene rings is 3. The Morgan fingerprint density at radius 3 is 2.40 bits per heavy atom. The van der Waals surface area contributed by atoms with Gasteiger partial charge >= 0.3 is 6.09 Å². The first-order chi connectivity index (χ1) is 17.0. The third-order valence-corrected chi connectivity index (χ3v) is 6.75. The molecule has 6 nitrogen and oxygen atoms in total. The first-order valence-electron chi connectivity index (χ1n) is 12.3. The molecule has 1 aliphatic heterocycles. The van der Waals surface area contributed by atoms with E-state index in [0.29, 0.717) is 25.9 Å². The summed E-state index contributed by atoms with van der Waals surface area (Å²) in [7, 11) is 0. The standard InChI is InChI=1S/C29H32N2O4/c1-3-30(4-2)27(32)19-24(18-23-15-10-14-22-13-8-9-16-26(22)23)28(33)31-25(20-35-29(31)34)17-21-11-6-5-7-12-21/h5-16,24-25H,3-4,17-20H2,1-2H3/t24-,25+/m1/s1. The first-order valence-corrected chi connectivity index (χ1v) is 12.3. The molecular formula is C29H32N2O4. The van der Waals surface area contributed by atoms with Gasteiger partial charge in [-0.25, -0.2) is 9.69 Å². The van der Waals surface area contributed by atoms with Gasteiger partial charge in [-0.15, -0.1) is 0 Å². The Kier molecular flexibility index (Phi) is 7.80. The van der Waals surface area contributed by atoms with Crippen LogP contribution in [0.4, 0.5) is 4.79 Å². The highest BCUT2D eigenvalue weighted by Crippen LogP contribution is 2.27. The average molecular weight is 473 g/mol. The van der Waals surface area contributed by atoms with Crippen molar-refractivity contribution in [1.82, 2.24) is 9.80 Å². The van der Waals surface area contributed by atoms with Gasteiger partial charge < -0.3 is 9.64 Å². The summed E-state index contributed by atoms with van der Waals surface area (Å²) in [6.45, 7) is 5.16. The molecule has 0 saturated carbocycles. The minimum atomic E-state index is -0.669. The number of ether oxygens (including phenoxy) is 1. The third-order valence-electron chi connectivity index (χ3n) is 6.75. The molecule has 0 unspecified atom stereocenters. The number of fused-ring (bicyclic) bond motifs is 1. The van der Waals surface area contributed by atoms with E-state index in [1.165, 1.54) is 4.90 Å². The van der Waals surface area contributed by atoms with Gasteiger partial charge in [-0.2, -0.15) is 0 Å². The fraction of sp³-hybridized carbons (Fsp3) is 0.345. The van der Waals surface area contributed by atoms with Crippen molar-refractivity contribution in [2.24, 2.45) is 5.92 Å². The van der Waals surface area contributed by atoms with Crippen molar-refractivity contribution < 1.29 is 19.1 Å². The van der Waals surface area contributed by atoms with Crippen molar-refractivity contribution >= 4 is 28.7 Å². The van der Waals surface area contributed by atoms with Gasteiger partial charge in [0.2, 0.25) is 11.8 Å². The maximum Gasteiger partial charge on any atom is 0.416 e. The molecule has 2 atom stereocenters. The Bertz CT molecular complexity index is 1180. The Morgan fingerprint density at radius 2 is 1.66 bits per heavy atom. The maximum atomic E-state index is 13.9. The molecule has 0 aromatic heterocycles. The fourth-order valence-electron chi connectivity index (χ4n) is 4.86. The fourth-order valence-corrected chi connectivity index (χ4v) is 4.86. The van der Waals surface area contributed by atoms with Crippen molar-refractivity contribution in [2.45, 2.75) is 39.2 Å². The van der Waals surface area contributed by atoms with E-state index in [9.17, 15) is 14.4 Å². The largest absolute Gasteiger partial charge is 0.447 e. The molecule has 0 radical (unpaired) electrons. The van der Waals surface area contributed by atoms with Crippen LogP contribution in [0, 0.1) is 5.92 Å². The average Bonchev–Trinajstić information content (AvgIpc) is 3.24. The Labute approximate surface area is 206 Å². The van der Waals surface area contributed by atoms with Gasteiger partial charge in [0.15, 0.2) is 0 Å². The molecule has 6 heteroatoms. The van der Waals surface area contributed by atoms with Crippen LogP contribution in [0.5, 0.6) is 0 Å². The van der Waals surface area contributed by atoms with E-state index in [4.69, 9.17) is 4.74 Å². The van der Waals surface area contributed by atoms with E-state index >= 15 is 0 Å². The Hall–Kier alpha value is -3.67. The minimum Gasteiger partial charge on any atom is -0.447 e. The van der Waals surface area contributed by atoms with Gasteiger partial charge in [0.1, 0.15) is 6.61 Å². The van der Waals surface area contributed by atoms with Gasteiger partial charge in [-0.3, -0.25) is 9.59 Å². The summed E-state index contributed by atoms with van der Waals surface area (Å²) in [6.07, 6.45) is 0.304. The van der Waals surface area contributed by atoms with Crippen LogP contribution >= 0.6 is 0 Å². The molecule has 3 amide bonds. The summed E-state index contributed by atoms with van der Waals surface area (Å²) in [6, 6.07) is 23.4. The Morgan fingerprint density at radius 1 is 0.971 bits per heavy atom. The molecule has 35 heavy (non-hydrogen) atoms. The number of rotatable bonds is 9. The summed E-state index contributed by atoms with van der Waals surface area (Å²) < 4.78 is 5.31. The number of hydrogen-bond acceptors (Lipinski definition) is 4. The van der Waals surface area contributed by atoms with Crippen molar-refractivity contribution in [3.8, 4) is 0 Å². The zero-order valence-corrected chi connectivity index (χ0v) is 20.4. The molecule has 1 heterocycles. The van der Waals surface area contributed by atoms with E-state index in [0.717, 1.165) is 21.9 Å². The third kappa shape index (κ3) is 5.53. The summed E-state index contributed by atoms with van der Waals surface area (Å²) in [5, 5.41) is 2.13. The molecule has 3 aromatic rings. The number of carbonyl (C=O) groups is 3. The number of imide groups is 1. The molecule has 1 saturated heterocycles. The molecule has 0 spiro atoms. The van der Waals surface area contributed by atoms with Crippen molar-refractivity contribution in [1.29, 1.82) is 0 Å². The van der Waals surface area contributed by atoms with Crippen LogP contribution in [0.1, 0.15) is 31.4 Å². The molecule has 3 aromatic carbocycles. The van der Waals surface area contributed by atoms with E-state index in [1.807, 2.05) is 86.6 Å². The van der Waals surface area contributed by atoms with Crippen LogP contribution < -0.4 is 0 Å². The number of carbonyl (C=O) groups excluding carboxylic acids is 3. The predicted octanol–water partition coefficient (Wildman–Crippen LogP) is 4.85. The summed E-state index contributed by atoms with van der Waals surface area (Å²) in [4.78, 5) is 42.7. The molecule has 4 rings (SSSR count). The maximum absolute atomic E-state index is 13.9. The highest BCUT2D eigenvalue weighted by molar-refractivity contribution is 5.97. The normalized spacial score (nSPS) is 16.2. The SMILES string of the molecule is CCN(CC)C(=O)C[C@@H](Cc1cccc2ccccc12)C(=O)N1C(=O)OC[C@@H]1Cc1ccccc1. The van der Waals surface area contributed by atoms with E-state index in [-0.39, 0.29) is 24.8 Å². The van der Waals surface area contributed by atoms with E-state index in [1.54, 1.807) is 4.90 Å². The highest BCUT2D eigenvalue weighted by atomic mass is 16.6. The molecule has 0 N–H and O–H groups in total. The van der Waals surface area contributed by atoms with Crippen LogP contribution in [0.15, 0.2) is 72.8 Å².